The number of nitrogens with one attached hydrogen (secondary N) is 1. The summed E-state index contributed by atoms with van der Waals surface area (Å²) in [5.74, 6) is 1.89. The van der Waals surface area contributed by atoms with Crippen LogP contribution >= 0.6 is 0 Å². The summed E-state index contributed by atoms with van der Waals surface area (Å²) in [4.78, 5) is 0. The molecule has 0 atom stereocenters. The van der Waals surface area contributed by atoms with Crippen LogP contribution in [-0.4, -0.2) is 33.6 Å². The second-order valence-corrected chi connectivity index (χ2v) is 5.02. The van der Waals surface area contributed by atoms with Crippen molar-refractivity contribution in [2.24, 2.45) is 11.8 Å². The summed E-state index contributed by atoms with van der Waals surface area (Å²) in [6.07, 6.45) is 6.87. The topological polar surface area (TPSA) is 30.5 Å². The van der Waals surface area contributed by atoms with Crippen molar-refractivity contribution in [3.63, 3.8) is 0 Å². The first-order chi connectivity index (χ1) is 7.76. The first-order valence-electron chi connectivity index (χ1n) is 6.52. The van der Waals surface area contributed by atoms with Crippen LogP contribution in [0.5, 0.6) is 0 Å². The standard InChI is InChI=1S/C13H27NO2/c1-11-4-6-12(7-5-11)8-9-14-10-13(15-2)16-3/h11-14H,4-10H2,1-3H3. The third-order valence-electron chi connectivity index (χ3n) is 3.70. The number of ether oxygens (including phenoxy) is 2. The molecule has 3 heteroatoms. The van der Waals surface area contributed by atoms with Gasteiger partial charge in [-0.3, -0.25) is 0 Å². The van der Waals surface area contributed by atoms with Crippen LogP contribution in [0.25, 0.3) is 0 Å². The van der Waals surface area contributed by atoms with Gasteiger partial charge in [0.1, 0.15) is 0 Å². The van der Waals surface area contributed by atoms with Crippen molar-refractivity contribution in [2.75, 3.05) is 27.3 Å². The van der Waals surface area contributed by atoms with Gasteiger partial charge >= 0.3 is 0 Å². The van der Waals surface area contributed by atoms with Gasteiger partial charge in [-0.05, 0) is 24.8 Å². The van der Waals surface area contributed by atoms with Crippen LogP contribution in [0.3, 0.4) is 0 Å². The zero-order valence-electron chi connectivity index (χ0n) is 11.0. The lowest BCUT2D eigenvalue weighted by atomic mass is 9.81. The van der Waals surface area contributed by atoms with E-state index >= 15 is 0 Å². The third kappa shape index (κ3) is 5.28. The average molecular weight is 229 g/mol. The van der Waals surface area contributed by atoms with Crippen molar-refractivity contribution < 1.29 is 9.47 Å². The molecule has 0 aromatic heterocycles. The van der Waals surface area contributed by atoms with Crippen molar-refractivity contribution in [2.45, 2.75) is 45.3 Å². The van der Waals surface area contributed by atoms with Gasteiger partial charge < -0.3 is 14.8 Å². The fraction of sp³-hybridized carbons (Fsp3) is 1.00. The van der Waals surface area contributed by atoms with E-state index in [-0.39, 0.29) is 6.29 Å². The zero-order valence-corrected chi connectivity index (χ0v) is 11.0. The van der Waals surface area contributed by atoms with Crippen LogP contribution in [0.15, 0.2) is 0 Å². The lowest BCUT2D eigenvalue weighted by molar-refractivity contribution is -0.0987. The fourth-order valence-electron chi connectivity index (χ4n) is 2.41. The summed E-state index contributed by atoms with van der Waals surface area (Å²) in [5, 5.41) is 3.40. The fourth-order valence-corrected chi connectivity index (χ4v) is 2.41. The summed E-state index contributed by atoms with van der Waals surface area (Å²) in [6.45, 7) is 4.24. The summed E-state index contributed by atoms with van der Waals surface area (Å²) in [7, 11) is 3.36. The van der Waals surface area contributed by atoms with Crippen molar-refractivity contribution in [3.8, 4) is 0 Å². The van der Waals surface area contributed by atoms with E-state index in [1.54, 1.807) is 14.2 Å². The van der Waals surface area contributed by atoms with Gasteiger partial charge in [-0.25, -0.2) is 0 Å². The Morgan fingerprint density at radius 3 is 2.31 bits per heavy atom. The Kier molecular flexibility index (Phi) is 7.01. The van der Waals surface area contributed by atoms with E-state index < -0.39 is 0 Å². The zero-order chi connectivity index (χ0) is 11.8. The van der Waals surface area contributed by atoms with Crippen molar-refractivity contribution >= 4 is 0 Å². The smallest absolute Gasteiger partial charge is 0.169 e. The molecule has 1 N–H and O–H groups in total. The summed E-state index contributed by atoms with van der Waals surface area (Å²) in [6, 6.07) is 0. The van der Waals surface area contributed by atoms with Gasteiger partial charge in [-0.2, -0.15) is 0 Å². The highest BCUT2D eigenvalue weighted by Crippen LogP contribution is 2.29. The molecule has 0 aliphatic heterocycles. The lowest BCUT2D eigenvalue weighted by Crippen LogP contribution is -2.31. The summed E-state index contributed by atoms with van der Waals surface area (Å²) < 4.78 is 10.2. The van der Waals surface area contributed by atoms with E-state index in [0.29, 0.717) is 0 Å². The molecule has 0 aromatic rings. The van der Waals surface area contributed by atoms with E-state index in [1.165, 1.54) is 32.1 Å². The molecule has 0 bridgehead atoms. The molecule has 1 saturated carbocycles. The maximum atomic E-state index is 5.12. The first-order valence-corrected chi connectivity index (χ1v) is 6.52. The number of hydrogen-bond donors (Lipinski definition) is 1. The molecule has 3 nitrogen and oxygen atoms in total. The normalized spacial score (nSPS) is 26.2. The van der Waals surface area contributed by atoms with Gasteiger partial charge in [0.25, 0.3) is 0 Å². The summed E-state index contributed by atoms with van der Waals surface area (Å²) in [5.41, 5.74) is 0. The molecule has 1 fully saturated rings. The minimum absolute atomic E-state index is 0.105. The Bertz CT molecular complexity index is 163. The highest BCUT2D eigenvalue weighted by Gasteiger charge is 2.17. The minimum Gasteiger partial charge on any atom is -0.355 e. The van der Waals surface area contributed by atoms with E-state index in [4.69, 9.17) is 9.47 Å². The van der Waals surface area contributed by atoms with Crippen molar-refractivity contribution in [1.29, 1.82) is 0 Å². The molecule has 0 spiro atoms. The van der Waals surface area contributed by atoms with Crippen molar-refractivity contribution in [1.82, 2.24) is 5.32 Å². The molecule has 1 aliphatic carbocycles. The minimum atomic E-state index is -0.105. The van der Waals surface area contributed by atoms with Gasteiger partial charge in [0, 0.05) is 20.8 Å². The molecule has 0 unspecified atom stereocenters. The maximum Gasteiger partial charge on any atom is 0.169 e. The SMILES string of the molecule is COC(CNCCC1CCC(C)CC1)OC. The predicted octanol–water partition coefficient (Wildman–Crippen LogP) is 2.41. The Morgan fingerprint density at radius 2 is 1.75 bits per heavy atom. The lowest BCUT2D eigenvalue weighted by Gasteiger charge is -2.26. The van der Waals surface area contributed by atoms with Gasteiger partial charge in [-0.15, -0.1) is 0 Å². The average Bonchev–Trinajstić information content (AvgIpc) is 2.32. The monoisotopic (exact) mass is 229 g/mol. The molecule has 0 aromatic carbocycles. The van der Waals surface area contributed by atoms with Crippen LogP contribution in [-0.2, 0) is 9.47 Å². The predicted molar refractivity (Wildman–Crippen MR) is 66.4 cm³/mol. The highest BCUT2D eigenvalue weighted by molar-refractivity contribution is 4.70. The first kappa shape index (κ1) is 13.9. The maximum absolute atomic E-state index is 5.12. The molecule has 0 heterocycles. The van der Waals surface area contributed by atoms with Crippen molar-refractivity contribution in [3.05, 3.63) is 0 Å². The van der Waals surface area contributed by atoms with E-state index in [0.717, 1.165) is 24.9 Å². The van der Waals surface area contributed by atoms with E-state index in [1.807, 2.05) is 0 Å². The molecular weight excluding hydrogens is 202 g/mol. The molecule has 0 saturated heterocycles. The van der Waals surface area contributed by atoms with Crippen LogP contribution in [0, 0.1) is 11.8 Å². The van der Waals surface area contributed by atoms with Crippen LogP contribution in [0.1, 0.15) is 39.0 Å². The number of rotatable bonds is 7. The second kappa shape index (κ2) is 8.04. The van der Waals surface area contributed by atoms with Crippen LogP contribution in [0.2, 0.25) is 0 Å². The number of hydrogen-bond acceptors (Lipinski definition) is 3. The number of methoxy groups -OCH3 is 2. The van der Waals surface area contributed by atoms with Crippen LogP contribution in [0.4, 0.5) is 0 Å². The van der Waals surface area contributed by atoms with Gasteiger partial charge in [0.05, 0.1) is 0 Å². The molecule has 0 radical (unpaired) electrons. The van der Waals surface area contributed by atoms with Gasteiger partial charge in [-0.1, -0.05) is 32.6 Å². The molecule has 1 rings (SSSR count). The molecule has 96 valence electrons. The highest BCUT2D eigenvalue weighted by atomic mass is 16.7. The second-order valence-electron chi connectivity index (χ2n) is 5.02. The van der Waals surface area contributed by atoms with E-state index in [2.05, 4.69) is 12.2 Å². The molecule has 1 aliphatic rings. The Balaban J connectivity index is 1.98. The molecular formula is C13H27NO2. The Hall–Kier alpha value is -0.120. The molecule has 0 amide bonds. The molecule has 16 heavy (non-hydrogen) atoms. The van der Waals surface area contributed by atoms with Crippen LogP contribution < -0.4 is 5.32 Å². The van der Waals surface area contributed by atoms with E-state index in [9.17, 15) is 0 Å². The van der Waals surface area contributed by atoms with Gasteiger partial charge in [0.2, 0.25) is 0 Å². The van der Waals surface area contributed by atoms with Gasteiger partial charge in [0.15, 0.2) is 6.29 Å². The Morgan fingerprint density at radius 1 is 1.12 bits per heavy atom. The largest absolute Gasteiger partial charge is 0.355 e. The third-order valence-corrected chi connectivity index (χ3v) is 3.70. The summed E-state index contributed by atoms with van der Waals surface area (Å²) >= 11 is 0. The quantitative estimate of drug-likeness (QED) is 0.537. The Labute approximate surface area is 99.9 Å².